The number of likely N-dealkylation sites (tertiary alicyclic amines) is 1. The molecule has 6 heteroatoms. The molecule has 0 bridgehead atoms. The normalized spacial score (nSPS) is 31.8. The van der Waals surface area contributed by atoms with E-state index in [1.54, 1.807) is 24.3 Å². The molecule has 1 aromatic carbocycles. The first-order chi connectivity index (χ1) is 11.8. The van der Waals surface area contributed by atoms with Gasteiger partial charge in [0.15, 0.2) is 0 Å². The molecular formula is C19H29ClN2O2S. The largest absolute Gasteiger partial charge is 0.298 e. The van der Waals surface area contributed by atoms with Gasteiger partial charge in [-0.15, -0.1) is 0 Å². The van der Waals surface area contributed by atoms with Crippen molar-refractivity contribution >= 4 is 21.6 Å². The van der Waals surface area contributed by atoms with Gasteiger partial charge in [0, 0.05) is 30.2 Å². The molecule has 0 radical (unpaired) electrons. The van der Waals surface area contributed by atoms with Gasteiger partial charge in [0.05, 0.1) is 4.90 Å². The van der Waals surface area contributed by atoms with Crippen LogP contribution in [0.15, 0.2) is 29.2 Å². The first-order valence-corrected chi connectivity index (χ1v) is 11.2. The Morgan fingerprint density at radius 1 is 1.04 bits per heavy atom. The van der Waals surface area contributed by atoms with Gasteiger partial charge in [-0.2, -0.15) is 0 Å². The Kier molecular flexibility index (Phi) is 6.09. The van der Waals surface area contributed by atoms with Crippen molar-refractivity contribution in [2.45, 2.75) is 62.9 Å². The van der Waals surface area contributed by atoms with Crippen molar-refractivity contribution in [2.24, 2.45) is 11.8 Å². The zero-order chi connectivity index (χ0) is 18.0. The quantitative estimate of drug-likeness (QED) is 0.856. The van der Waals surface area contributed by atoms with Crippen molar-refractivity contribution in [1.29, 1.82) is 0 Å². The third kappa shape index (κ3) is 4.76. The number of nitrogens with one attached hydrogen (secondary N) is 1. The third-order valence-electron chi connectivity index (χ3n) is 5.53. The molecule has 1 aromatic rings. The molecule has 3 rings (SSSR count). The fraction of sp³-hybridized carbons (Fsp3) is 0.684. The highest BCUT2D eigenvalue weighted by Crippen LogP contribution is 2.30. The zero-order valence-electron chi connectivity index (χ0n) is 15.1. The summed E-state index contributed by atoms with van der Waals surface area (Å²) in [6, 6.07) is 6.71. The van der Waals surface area contributed by atoms with Crippen LogP contribution in [0.5, 0.6) is 0 Å². The number of hydrogen-bond donors (Lipinski definition) is 1. The second-order valence-corrected chi connectivity index (χ2v) is 10.1. The standard InChI is InChI=1S/C19H29ClN2O2S/c1-14-11-15(2)13-22(12-14)19-6-4-3-5-18(19)21-25(23,24)17-9-7-16(20)8-10-17/h7-10,14-15,18-19,21H,3-6,11-13H2,1-2H3/t14-,15+,18-,19-/m0/s1. The van der Waals surface area contributed by atoms with Crippen LogP contribution in [0.3, 0.4) is 0 Å². The molecule has 2 fully saturated rings. The van der Waals surface area contributed by atoms with Crippen molar-refractivity contribution in [3.8, 4) is 0 Å². The van der Waals surface area contributed by atoms with Crippen molar-refractivity contribution in [1.82, 2.24) is 9.62 Å². The highest BCUT2D eigenvalue weighted by molar-refractivity contribution is 7.89. The van der Waals surface area contributed by atoms with Crippen LogP contribution in [-0.4, -0.2) is 38.5 Å². The van der Waals surface area contributed by atoms with E-state index in [4.69, 9.17) is 11.6 Å². The summed E-state index contributed by atoms with van der Waals surface area (Å²) in [5.74, 6) is 1.36. The van der Waals surface area contributed by atoms with Gasteiger partial charge in [0.1, 0.15) is 0 Å². The number of halogens is 1. The Labute approximate surface area is 157 Å². The Bertz CT molecular complexity index is 667. The van der Waals surface area contributed by atoms with Crippen LogP contribution in [0.1, 0.15) is 46.0 Å². The summed E-state index contributed by atoms with van der Waals surface area (Å²) in [6.07, 6.45) is 5.53. The van der Waals surface area contributed by atoms with Crippen LogP contribution in [0.2, 0.25) is 5.02 Å². The van der Waals surface area contributed by atoms with Crippen molar-refractivity contribution in [2.75, 3.05) is 13.1 Å². The molecule has 4 nitrogen and oxygen atoms in total. The van der Waals surface area contributed by atoms with Gasteiger partial charge in [0.2, 0.25) is 10.0 Å². The average molecular weight is 385 g/mol. The molecule has 1 N–H and O–H groups in total. The van der Waals surface area contributed by atoms with Crippen molar-refractivity contribution in [3.63, 3.8) is 0 Å². The Morgan fingerprint density at radius 3 is 2.28 bits per heavy atom. The Balaban J connectivity index is 1.75. The predicted octanol–water partition coefficient (Wildman–Crippen LogP) is 3.91. The minimum absolute atomic E-state index is 0.00747. The second-order valence-electron chi connectivity index (χ2n) is 7.93. The fourth-order valence-electron chi connectivity index (χ4n) is 4.55. The number of nitrogens with zero attached hydrogens (tertiary/aromatic N) is 1. The minimum Gasteiger partial charge on any atom is -0.298 e. The first kappa shape index (κ1) is 19.2. The van der Waals surface area contributed by atoms with E-state index < -0.39 is 10.0 Å². The van der Waals surface area contributed by atoms with Gasteiger partial charge in [0.25, 0.3) is 0 Å². The summed E-state index contributed by atoms with van der Waals surface area (Å²) in [7, 11) is -3.51. The predicted molar refractivity (Wildman–Crippen MR) is 102 cm³/mol. The maximum atomic E-state index is 12.8. The summed E-state index contributed by atoms with van der Waals surface area (Å²) >= 11 is 5.88. The lowest BCUT2D eigenvalue weighted by molar-refractivity contribution is 0.0618. The van der Waals surface area contributed by atoms with E-state index >= 15 is 0 Å². The number of hydrogen-bond acceptors (Lipinski definition) is 3. The molecule has 0 aromatic heterocycles. The average Bonchev–Trinajstić information content (AvgIpc) is 2.54. The van der Waals surface area contributed by atoms with Crippen molar-refractivity contribution in [3.05, 3.63) is 29.3 Å². The molecule has 1 saturated heterocycles. The Hall–Kier alpha value is -0.620. The van der Waals surface area contributed by atoms with Gasteiger partial charge in [-0.05, 0) is 55.4 Å². The SMILES string of the molecule is C[C@@H]1C[C@H](C)CN([C@H]2CCCC[C@@H]2NS(=O)(=O)c2ccc(Cl)cc2)C1. The summed E-state index contributed by atoms with van der Waals surface area (Å²) in [5.41, 5.74) is 0. The van der Waals surface area contributed by atoms with Gasteiger partial charge < -0.3 is 0 Å². The smallest absolute Gasteiger partial charge is 0.240 e. The second kappa shape index (κ2) is 7.95. The molecule has 1 aliphatic heterocycles. The number of rotatable bonds is 4. The van der Waals surface area contributed by atoms with Crippen molar-refractivity contribution < 1.29 is 8.42 Å². The molecule has 0 unspecified atom stereocenters. The molecule has 2 aliphatic rings. The van der Waals surface area contributed by atoms with Crippen LogP contribution >= 0.6 is 11.6 Å². The van der Waals surface area contributed by atoms with Crippen LogP contribution in [0, 0.1) is 11.8 Å². The molecular weight excluding hydrogens is 356 g/mol. The molecule has 1 heterocycles. The highest BCUT2D eigenvalue weighted by atomic mass is 35.5. The summed E-state index contributed by atoms with van der Waals surface area (Å²) in [5, 5.41) is 0.547. The fourth-order valence-corrected chi connectivity index (χ4v) is 5.98. The van der Waals surface area contributed by atoms with E-state index in [9.17, 15) is 8.42 Å². The van der Waals surface area contributed by atoms with Crippen LogP contribution in [0.4, 0.5) is 0 Å². The van der Waals surface area contributed by atoms with E-state index in [2.05, 4.69) is 23.5 Å². The molecule has 140 valence electrons. The maximum absolute atomic E-state index is 12.8. The van der Waals surface area contributed by atoms with E-state index in [1.807, 2.05) is 0 Å². The topological polar surface area (TPSA) is 49.4 Å². The van der Waals surface area contributed by atoms with Gasteiger partial charge in [-0.3, -0.25) is 4.90 Å². The first-order valence-electron chi connectivity index (χ1n) is 9.37. The lowest BCUT2D eigenvalue weighted by Gasteiger charge is -2.45. The lowest BCUT2D eigenvalue weighted by atomic mass is 9.85. The Morgan fingerprint density at radius 2 is 1.64 bits per heavy atom. The molecule has 0 amide bonds. The van der Waals surface area contributed by atoms with E-state index in [0.29, 0.717) is 27.8 Å². The molecule has 1 saturated carbocycles. The maximum Gasteiger partial charge on any atom is 0.240 e. The summed E-state index contributed by atoms with van der Waals surface area (Å²) in [6.45, 7) is 6.76. The van der Waals surface area contributed by atoms with E-state index in [0.717, 1.165) is 32.4 Å². The van der Waals surface area contributed by atoms with Gasteiger partial charge >= 0.3 is 0 Å². The molecule has 4 atom stereocenters. The van der Waals surface area contributed by atoms with Crippen LogP contribution in [-0.2, 0) is 10.0 Å². The van der Waals surface area contributed by atoms with Gasteiger partial charge in [-0.1, -0.05) is 38.3 Å². The minimum atomic E-state index is -3.51. The zero-order valence-corrected chi connectivity index (χ0v) is 16.7. The molecule has 25 heavy (non-hydrogen) atoms. The van der Waals surface area contributed by atoms with Crippen LogP contribution in [0.25, 0.3) is 0 Å². The van der Waals surface area contributed by atoms with E-state index in [1.165, 1.54) is 12.8 Å². The van der Waals surface area contributed by atoms with E-state index in [-0.39, 0.29) is 6.04 Å². The van der Waals surface area contributed by atoms with Gasteiger partial charge in [-0.25, -0.2) is 13.1 Å². The summed E-state index contributed by atoms with van der Waals surface area (Å²) < 4.78 is 28.6. The molecule has 1 aliphatic carbocycles. The lowest BCUT2D eigenvalue weighted by Crippen LogP contribution is -2.56. The number of benzene rings is 1. The summed E-state index contributed by atoms with van der Waals surface area (Å²) in [4.78, 5) is 2.83. The highest BCUT2D eigenvalue weighted by Gasteiger charge is 2.36. The monoisotopic (exact) mass is 384 g/mol. The number of sulfonamides is 1. The molecule has 0 spiro atoms. The van der Waals surface area contributed by atoms with Crippen LogP contribution < -0.4 is 4.72 Å². The third-order valence-corrected chi connectivity index (χ3v) is 7.28. The number of piperidine rings is 1.